The molecule has 1 aliphatic carbocycles. The summed E-state index contributed by atoms with van der Waals surface area (Å²) in [6.07, 6.45) is 4.79. The molecule has 2 atom stereocenters. The van der Waals surface area contributed by atoms with Crippen molar-refractivity contribution in [3.05, 3.63) is 82.9 Å². The van der Waals surface area contributed by atoms with Crippen molar-refractivity contribution in [2.75, 3.05) is 32.1 Å². The standard InChI is InChI=1S/C38H44N4O7/c1-24-7-12-28(20-30(24)41-37(45)27-5-3-4-6-27)38(46)42-18-17-32-31(22-42)40-36(44)23-48-33-15-10-25(19-34(33)47-2)11-16-35(43)39-21-26-8-13-29(49-32)14-9-26/h7-10,12-15,19-20,27,31-32H,3-6,11,16-18,21-23H2,1-2H3,(H,39,43)(H,40,44)(H,41,45)/t31-,32-/m1/s1. The summed E-state index contributed by atoms with van der Waals surface area (Å²) in [6, 6.07) is 17.7. The van der Waals surface area contributed by atoms with Gasteiger partial charge < -0.3 is 35.1 Å². The third-order valence-electron chi connectivity index (χ3n) is 9.58. The second kappa shape index (κ2) is 15.4. The van der Waals surface area contributed by atoms with E-state index >= 15 is 0 Å². The summed E-state index contributed by atoms with van der Waals surface area (Å²) < 4.78 is 17.8. The Balaban J connectivity index is 1.20. The number of nitrogens with one attached hydrogen (secondary N) is 3. The van der Waals surface area contributed by atoms with E-state index in [2.05, 4.69) is 16.0 Å². The van der Waals surface area contributed by atoms with E-state index in [-0.39, 0.29) is 42.7 Å². The average molecular weight is 669 g/mol. The SMILES string of the molecule is COc1cc2ccc1OCC(=O)N[C@@H]1CN(C(=O)c3ccc(C)c(NC(=O)C4CCCC4)c3)CC[C@H]1Oc1ccc(cc1)CNC(=O)CC2. The van der Waals surface area contributed by atoms with Gasteiger partial charge in [0.15, 0.2) is 18.1 Å². The lowest BCUT2D eigenvalue weighted by atomic mass is 10.00. The molecule has 11 nitrogen and oxygen atoms in total. The monoisotopic (exact) mass is 668 g/mol. The van der Waals surface area contributed by atoms with E-state index in [1.807, 2.05) is 49.4 Å². The molecule has 6 aliphatic rings. The van der Waals surface area contributed by atoms with Gasteiger partial charge >= 0.3 is 0 Å². The Bertz CT molecular complexity index is 1690. The van der Waals surface area contributed by atoms with E-state index in [1.54, 1.807) is 23.1 Å². The summed E-state index contributed by atoms with van der Waals surface area (Å²) in [5.41, 5.74) is 3.83. The van der Waals surface area contributed by atoms with Crippen LogP contribution in [0.4, 0.5) is 5.69 Å². The van der Waals surface area contributed by atoms with Gasteiger partial charge in [-0.3, -0.25) is 19.2 Å². The van der Waals surface area contributed by atoms with Crippen molar-refractivity contribution in [2.45, 2.75) is 70.6 Å². The largest absolute Gasteiger partial charge is 0.493 e. The Hall–Kier alpha value is -5.06. The lowest BCUT2D eigenvalue weighted by molar-refractivity contribution is -0.125. The Kier molecular flexibility index (Phi) is 10.7. The first kappa shape index (κ1) is 33.8. The highest BCUT2D eigenvalue weighted by Crippen LogP contribution is 2.30. The predicted molar refractivity (Wildman–Crippen MR) is 184 cm³/mol. The number of likely N-dealkylation sites (tertiary alicyclic amines) is 1. The number of aryl methyl sites for hydroxylation is 2. The van der Waals surface area contributed by atoms with Gasteiger partial charge in [-0.05, 0) is 79.3 Å². The van der Waals surface area contributed by atoms with E-state index < -0.39 is 12.1 Å². The van der Waals surface area contributed by atoms with Gasteiger partial charge in [0.25, 0.3) is 11.8 Å². The molecular weight excluding hydrogens is 624 g/mol. The zero-order chi connectivity index (χ0) is 34.3. The lowest BCUT2D eigenvalue weighted by Crippen LogP contribution is -2.58. The Morgan fingerprint density at radius 3 is 2.47 bits per heavy atom. The van der Waals surface area contributed by atoms with Crippen molar-refractivity contribution >= 4 is 29.3 Å². The molecule has 4 amide bonds. The minimum absolute atomic E-state index is 0.00252. The fraction of sp³-hybridized carbons (Fsp3) is 0.421. The number of piperidine rings is 1. The number of amides is 4. The molecule has 0 unspecified atom stereocenters. The Morgan fingerprint density at radius 2 is 1.69 bits per heavy atom. The highest BCUT2D eigenvalue weighted by molar-refractivity contribution is 5.98. The maximum Gasteiger partial charge on any atom is 0.258 e. The van der Waals surface area contributed by atoms with Crippen LogP contribution in [0.1, 0.15) is 65.6 Å². The molecule has 1 saturated carbocycles. The molecule has 1 saturated heterocycles. The van der Waals surface area contributed by atoms with Crippen molar-refractivity contribution in [1.82, 2.24) is 15.5 Å². The van der Waals surface area contributed by atoms with Crippen LogP contribution in [-0.2, 0) is 27.3 Å². The maximum absolute atomic E-state index is 13.9. The molecule has 49 heavy (non-hydrogen) atoms. The molecule has 3 N–H and O–H groups in total. The van der Waals surface area contributed by atoms with Crippen LogP contribution in [0.2, 0.25) is 0 Å². The second-order valence-electron chi connectivity index (χ2n) is 13.1. The van der Waals surface area contributed by atoms with Crippen LogP contribution in [0, 0.1) is 12.8 Å². The van der Waals surface area contributed by atoms with Gasteiger partial charge in [-0.15, -0.1) is 0 Å². The summed E-state index contributed by atoms with van der Waals surface area (Å²) in [5.74, 6) is 0.879. The van der Waals surface area contributed by atoms with Gasteiger partial charge in [0.05, 0.1) is 13.2 Å². The smallest absolute Gasteiger partial charge is 0.258 e. The predicted octanol–water partition coefficient (Wildman–Crippen LogP) is 4.55. The van der Waals surface area contributed by atoms with Crippen LogP contribution in [0.3, 0.4) is 0 Å². The zero-order valence-corrected chi connectivity index (χ0v) is 28.1. The summed E-state index contributed by atoms with van der Waals surface area (Å²) in [4.78, 5) is 54.3. The number of hydrogen-bond donors (Lipinski definition) is 3. The number of carbonyl (C=O) groups excluding carboxylic acids is 4. The van der Waals surface area contributed by atoms with E-state index in [9.17, 15) is 19.2 Å². The van der Waals surface area contributed by atoms with Crippen LogP contribution >= 0.6 is 0 Å². The number of anilines is 1. The van der Waals surface area contributed by atoms with Gasteiger partial charge in [-0.25, -0.2) is 0 Å². The molecule has 258 valence electrons. The number of ether oxygens (including phenoxy) is 3. The number of hydrogen-bond acceptors (Lipinski definition) is 7. The Labute approximate surface area is 286 Å². The van der Waals surface area contributed by atoms with Crippen LogP contribution < -0.4 is 30.2 Å². The van der Waals surface area contributed by atoms with Gasteiger partial charge in [-0.1, -0.05) is 37.1 Å². The topological polar surface area (TPSA) is 135 Å². The minimum atomic E-state index is -0.533. The molecule has 11 heteroatoms. The summed E-state index contributed by atoms with van der Waals surface area (Å²) in [6.45, 7) is 2.66. The maximum atomic E-state index is 13.9. The summed E-state index contributed by atoms with van der Waals surface area (Å²) in [7, 11) is 1.53. The molecule has 9 rings (SSSR count). The van der Waals surface area contributed by atoms with E-state index in [0.29, 0.717) is 60.9 Å². The van der Waals surface area contributed by atoms with Crippen molar-refractivity contribution in [2.24, 2.45) is 5.92 Å². The molecule has 3 aromatic carbocycles. The third kappa shape index (κ3) is 8.51. The molecule has 5 aliphatic heterocycles. The molecule has 2 fully saturated rings. The highest BCUT2D eigenvalue weighted by atomic mass is 16.5. The number of rotatable bonds is 4. The highest BCUT2D eigenvalue weighted by Gasteiger charge is 2.35. The fourth-order valence-electron chi connectivity index (χ4n) is 6.68. The third-order valence-corrected chi connectivity index (χ3v) is 9.58. The number of nitrogens with zero attached hydrogens (tertiary/aromatic N) is 1. The molecule has 3 aromatic rings. The van der Waals surface area contributed by atoms with Crippen LogP contribution in [0.15, 0.2) is 60.7 Å². The van der Waals surface area contributed by atoms with Crippen LogP contribution in [-0.4, -0.2) is 67.5 Å². The first-order valence-electron chi connectivity index (χ1n) is 17.1. The first-order valence-corrected chi connectivity index (χ1v) is 17.1. The normalized spacial score (nSPS) is 20.3. The van der Waals surface area contributed by atoms with Gasteiger partial charge in [-0.2, -0.15) is 0 Å². The van der Waals surface area contributed by atoms with Crippen molar-refractivity contribution in [3.8, 4) is 17.2 Å². The number of methoxy groups -OCH3 is 1. The summed E-state index contributed by atoms with van der Waals surface area (Å²) >= 11 is 0. The van der Waals surface area contributed by atoms with E-state index in [4.69, 9.17) is 14.2 Å². The zero-order valence-electron chi connectivity index (χ0n) is 28.1. The quantitative estimate of drug-likeness (QED) is 0.371. The lowest BCUT2D eigenvalue weighted by Gasteiger charge is -2.39. The van der Waals surface area contributed by atoms with Gasteiger partial charge in [0, 0.05) is 49.6 Å². The molecule has 5 heterocycles. The van der Waals surface area contributed by atoms with Crippen LogP contribution in [0.5, 0.6) is 17.2 Å². The molecule has 0 spiro atoms. The molecule has 0 aromatic heterocycles. The van der Waals surface area contributed by atoms with Crippen molar-refractivity contribution < 1.29 is 33.4 Å². The van der Waals surface area contributed by atoms with Gasteiger partial charge in [0.2, 0.25) is 11.8 Å². The van der Waals surface area contributed by atoms with Crippen molar-refractivity contribution in [3.63, 3.8) is 0 Å². The average Bonchev–Trinajstić information content (AvgIpc) is 3.66. The molecule has 0 radical (unpaired) electrons. The summed E-state index contributed by atoms with van der Waals surface area (Å²) in [5, 5.41) is 9.07. The molecule has 4 bridgehead atoms. The van der Waals surface area contributed by atoms with Crippen LogP contribution in [0.25, 0.3) is 0 Å². The van der Waals surface area contributed by atoms with Gasteiger partial charge in [0.1, 0.15) is 11.9 Å². The van der Waals surface area contributed by atoms with E-state index in [0.717, 1.165) is 42.4 Å². The fourth-order valence-corrected chi connectivity index (χ4v) is 6.68. The number of carbonyl (C=O) groups is 4. The first-order chi connectivity index (χ1) is 23.7. The number of benzene rings is 3. The molecular formula is C38H44N4O7. The minimum Gasteiger partial charge on any atom is -0.493 e. The second-order valence-corrected chi connectivity index (χ2v) is 13.1. The Morgan fingerprint density at radius 1 is 0.918 bits per heavy atom. The van der Waals surface area contributed by atoms with E-state index in [1.165, 1.54) is 7.11 Å². The van der Waals surface area contributed by atoms with Crippen molar-refractivity contribution in [1.29, 1.82) is 0 Å².